The van der Waals surface area contributed by atoms with Crippen molar-refractivity contribution >= 4 is 5.91 Å². The van der Waals surface area contributed by atoms with Crippen LogP contribution in [-0.4, -0.2) is 69.7 Å². The van der Waals surface area contributed by atoms with Gasteiger partial charge in [0.15, 0.2) is 0 Å². The predicted octanol–water partition coefficient (Wildman–Crippen LogP) is 4.18. The summed E-state index contributed by atoms with van der Waals surface area (Å²) in [6.45, 7) is 6.46. The summed E-state index contributed by atoms with van der Waals surface area (Å²) in [6, 6.07) is 0. The van der Waals surface area contributed by atoms with Gasteiger partial charge in [-0.1, -0.05) is 96.8 Å². The molecule has 0 aliphatic carbocycles. The average molecular weight is 504 g/mol. The first-order valence-corrected chi connectivity index (χ1v) is 14.6. The zero-order chi connectivity index (χ0) is 24.6. The molecule has 0 bridgehead atoms. The summed E-state index contributed by atoms with van der Waals surface area (Å²) in [7, 11) is 8.78. The number of nitrogens with one attached hydrogen (secondary N) is 1. The van der Waals surface area contributed by atoms with E-state index >= 15 is 0 Å². The number of halogens is 1. The number of amides is 1. The van der Waals surface area contributed by atoms with Gasteiger partial charge in [-0.2, -0.15) is 0 Å². The summed E-state index contributed by atoms with van der Waals surface area (Å²) in [6.07, 6.45) is 25.5. The van der Waals surface area contributed by atoms with Crippen LogP contribution in [0.3, 0.4) is 0 Å². The van der Waals surface area contributed by atoms with Crippen LogP contribution in [0.5, 0.6) is 0 Å². The van der Waals surface area contributed by atoms with Gasteiger partial charge in [-0.3, -0.25) is 4.79 Å². The number of hydrogen-bond donors (Lipinski definition) is 1. The van der Waals surface area contributed by atoms with E-state index in [0.29, 0.717) is 6.42 Å². The first-order valence-electron chi connectivity index (χ1n) is 14.6. The van der Waals surface area contributed by atoms with E-state index in [-0.39, 0.29) is 18.3 Å². The molecule has 0 aliphatic rings. The molecular formula is C29H62ClN3O. The fourth-order valence-corrected chi connectivity index (χ4v) is 4.58. The van der Waals surface area contributed by atoms with E-state index < -0.39 is 0 Å². The quantitative estimate of drug-likeness (QED) is 0.150. The van der Waals surface area contributed by atoms with Gasteiger partial charge in [0.1, 0.15) is 0 Å². The number of quaternary nitrogens is 1. The molecule has 0 atom stereocenters. The van der Waals surface area contributed by atoms with Gasteiger partial charge in [0.25, 0.3) is 0 Å². The number of hydrogen-bond acceptors (Lipinski definition) is 2. The summed E-state index contributed by atoms with van der Waals surface area (Å²) in [5, 5.41) is 3.05. The maximum Gasteiger partial charge on any atom is 0.220 e. The molecule has 0 rings (SSSR count). The Kier molecular flexibility index (Phi) is 27.2. The second-order valence-electron chi connectivity index (χ2n) is 11.3. The first kappa shape index (κ1) is 35.8. The molecule has 0 fully saturated rings. The number of rotatable bonds is 25. The molecule has 0 aromatic carbocycles. The highest BCUT2D eigenvalue weighted by atomic mass is 35.5. The van der Waals surface area contributed by atoms with Crippen molar-refractivity contribution in [3.8, 4) is 0 Å². The van der Waals surface area contributed by atoms with Crippen LogP contribution in [0.4, 0.5) is 0 Å². The third kappa shape index (κ3) is 27.9. The minimum Gasteiger partial charge on any atom is -1.00 e. The lowest BCUT2D eigenvalue weighted by molar-refractivity contribution is -0.890. The molecule has 1 N–H and O–H groups in total. The van der Waals surface area contributed by atoms with Crippen LogP contribution in [0.1, 0.15) is 129 Å². The summed E-state index contributed by atoms with van der Waals surface area (Å²) in [5.74, 6) is 0.219. The highest BCUT2D eigenvalue weighted by Gasteiger charge is 2.15. The van der Waals surface area contributed by atoms with E-state index in [0.717, 1.165) is 37.0 Å². The summed E-state index contributed by atoms with van der Waals surface area (Å²) in [5.41, 5.74) is 0. The fraction of sp³-hybridized carbons (Fsp3) is 0.966. The zero-order valence-electron chi connectivity index (χ0n) is 23.9. The molecule has 0 aromatic heterocycles. The molecule has 34 heavy (non-hydrogen) atoms. The maximum atomic E-state index is 12.0. The van der Waals surface area contributed by atoms with Crippen LogP contribution >= 0.6 is 0 Å². The third-order valence-corrected chi connectivity index (χ3v) is 6.89. The lowest BCUT2D eigenvalue weighted by atomic mass is 10.0. The summed E-state index contributed by atoms with van der Waals surface area (Å²) >= 11 is 0. The highest BCUT2D eigenvalue weighted by Crippen LogP contribution is 2.14. The minimum atomic E-state index is 0. The number of nitrogens with zero attached hydrogens (tertiary/aromatic N) is 2. The van der Waals surface area contributed by atoms with E-state index in [4.69, 9.17) is 0 Å². The lowest BCUT2D eigenvalue weighted by Crippen LogP contribution is -3.00. The largest absolute Gasteiger partial charge is 1.00 e. The molecule has 0 unspecified atom stereocenters. The molecule has 4 nitrogen and oxygen atoms in total. The van der Waals surface area contributed by atoms with E-state index in [1.54, 1.807) is 0 Å². The van der Waals surface area contributed by atoms with Gasteiger partial charge in [-0.25, -0.2) is 0 Å². The van der Waals surface area contributed by atoms with Gasteiger partial charge >= 0.3 is 0 Å². The second kappa shape index (κ2) is 25.8. The van der Waals surface area contributed by atoms with Crippen molar-refractivity contribution in [1.82, 2.24) is 10.2 Å². The highest BCUT2D eigenvalue weighted by molar-refractivity contribution is 5.75. The predicted molar refractivity (Wildman–Crippen MR) is 147 cm³/mol. The Balaban J connectivity index is 0. The molecule has 5 heteroatoms. The number of carbonyl (C=O) groups excluding carboxylic acids is 1. The number of carbonyl (C=O) groups is 1. The monoisotopic (exact) mass is 503 g/mol. The molecule has 0 heterocycles. The summed E-state index contributed by atoms with van der Waals surface area (Å²) < 4.78 is 1.05. The lowest BCUT2D eigenvalue weighted by Gasteiger charge is -2.29. The Hall–Kier alpha value is -0.320. The molecule has 0 aliphatic heterocycles. The van der Waals surface area contributed by atoms with Crippen molar-refractivity contribution in [3.63, 3.8) is 0 Å². The van der Waals surface area contributed by atoms with Crippen LogP contribution in [0.2, 0.25) is 0 Å². The SMILES string of the molecule is CCCCCCCCCCCCCCCCCC[N+](C)(C)CCCC(=O)NCCCN(C)C.[Cl-]. The Morgan fingerprint density at radius 2 is 1.06 bits per heavy atom. The third-order valence-electron chi connectivity index (χ3n) is 6.89. The van der Waals surface area contributed by atoms with Gasteiger partial charge in [-0.05, 0) is 39.9 Å². The van der Waals surface area contributed by atoms with Crippen LogP contribution in [-0.2, 0) is 4.79 Å². The molecule has 206 valence electrons. The van der Waals surface area contributed by atoms with Crippen LogP contribution in [0, 0.1) is 0 Å². The van der Waals surface area contributed by atoms with Crippen molar-refractivity contribution in [2.24, 2.45) is 0 Å². The smallest absolute Gasteiger partial charge is 0.220 e. The summed E-state index contributed by atoms with van der Waals surface area (Å²) in [4.78, 5) is 14.1. The van der Waals surface area contributed by atoms with Crippen molar-refractivity contribution in [2.45, 2.75) is 129 Å². The first-order chi connectivity index (χ1) is 15.9. The van der Waals surface area contributed by atoms with E-state index in [9.17, 15) is 4.79 Å². The minimum absolute atomic E-state index is 0. The van der Waals surface area contributed by atoms with Crippen molar-refractivity contribution in [1.29, 1.82) is 0 Å². The standard InChI is InChI=1S/C29H61N3O.ClH/c1-6-7-8-9-10-11-12-13-14-15-16-17-18-19-20-21-27-32(4,5)28-22-24-29(33)30-25-23-26-31(2)3;/h6-28H2,1-5H3;1H. The van der Waals surface area contributed by atoms with Crippen molar-refractivity contribution < 1.29 is 21.7 Å². The van der Waals surface area contributed by atoms with Crippen LogP contribution < -0.4 is 17.7 Å². The topological polar surface area (TPSA) is 32.3 Å². The van der Waals surface area contributed by atoms with Gasteiger partial charge < -0.3 is 27.1 Å². The molecule has 0 aromatic rings. The average Bonchev–Trinajstić information content (AvgIpc) is 2.76. The molecule has 0 saturated heterocycles. The van der Waals surface area contributed by atoms with E-state index in [2.05, 4.69) is 45.3 Å². The molecular weight excluding hydrogens is 442 g/mol. The zero-order valence-corrected chi connectivity index (χ0v) is 24.7. The van der Waals surface area contributed by atoms with Gasteiger partial charge in [-0.15, -0.1) is 0 Å². The Morgan fingerprint density at radius 1 is 0.647 bits per heavy atom. The molecule has 0 radical (unpaired) electrons. The van der Waals surface area contributed by atoms with Crippen LogP contribution in [0.25, 0.3) is 0 Å². The van der Waals surface area contributed by atoms with Gasteiger partial charge in [0.05, 0.1) is 27.2 Å². The molecule has 0 spiro atoms. The Morgan fingerprint density at radius 3 is 1.50 bits per heavy atom. The number of unbranched alkanes of at least 4 members (excludes halogenated alkanes) is 15. The maximum absolute atomic E-state index is 12.0. The van der Waals surface area contributed by atoms with Crippen molar-refractivity contribution in [2.75, 3.05) is 54.4 Å². The normalized spacial score (nSPS) is 11.6. The Bertz CT molecular complexity index is 430. The second-order valence-corrected chi connectivity index (χ2v) is 11.3. The molecule has 0 saturated carbocycles. The molecule has 1 amide bonds. The van der Waals surface area contributed by atoms with Gasteiger partial charge in [0, 0.05) is 19.4 Å². The van der Waals surface area contributed by atoms with E-state index in [1.165, 1.54) is 109 Å². The van der Waals surface area contributed by atoms with Crippen molar-refractivity contribution in [3.05, 3.63) is 0 Å². The fourth-order valence-electron chi connectivity index (χ4n) is 4.58. The van der Waals surface area contributed by atoms with E-state index in [1.807, 2.05) is 0 Å². The Labute approximate surface area is 221 Å². The van der Waals surface area contributed by atoms with Gasteiger partial charge in [0.2, 0.25) is 5.91 Å². The van der Waals surface area contributed by atoms with Crippen LogP contribution in [0.15, 0.2) is 0 Å².